The van der Waals surface area contributed by atoms with Crippen LogP contribution in [0.2, 0.25) is 0 Å². The summed E-state index contributed by atoms with van der Waals surface area (Å²) in [6.45, 7) is 0.935. The van der Waals surface area contributed by atoms with Gasteiger partial charge in [0.2, 0.25) is 0 Å². The molecule has 16 nitrogen and oxygen atoms in total. The summed E-state index contributed by atoms with van der Waals surface area (Å²) in [7, 11) is 0. The Morgan fingerprint density at radius 2 is 1.94 bits per heavy atom. The van der Waals surface area contributed by atoms with E-state index < -0.39 is 65.2 Å². The standard InChI is InChI=1S/C17H15FN4O12S/c1-6-10(33-16(25)26)11(34-17(27)28)13(32-6)21-4-8(18)12(19-14(21)23)20-15(24)31-5-7-2-3-9(35-7)22(29)30/h2-4,6,10-11,13H,5H2,1H3,(H,25,26)(H,27,28)(H,19,20,23,24)/t6-,10-,11+,13-/m1/s1. The molecular formula is C17H15FN4O12S. The SMILES string of the molecule is C[C@H]1O[C@@H](n2cc(F)c(NC(=O)OCc3ccc([N+](=O)[O-])s3)nc2=O)[C@@H](OC(=O)O)[C@@H]1OC(=O)O. The number of amides is 1. The third-order valence-electron chi connectivity index (χ3n) is 4.47. The molecule has 4 atom stereocenters. The van der Waals surface area contributed by atoms with Gasteiger partial charge in [-0.2, -0.15) is 4.98 Å². The van der Waals surface area contributed by atoms with Crippen molar-refractivity contribution in [1.29, 1.82) is 0 Å². The number of aromatic nitrogens is 2. The number of hydrogen-bond donors (Lipinski definition) is 3. The molecule has 0 aromatic carbocycles. The summed E-state index contributed by atoms with van der Waals surface area (Å²) in [5, 5.41) is 30.2. The third-order valence-corrected chi connectivity index (χ3v) is 5.48. The summed E-state index contributed by atoms with van der Waals surface area (Å²) in [5.74, 6) is -2.10. The Morgan fingerprint density at radius 3 is 2.54 bits per heavy atom. The van der Waals surface area contributed by atoms with Crippen molar-refractivity contribution >= 4 is 40.6 Å². The summed E-state index contributed by atoms with van der Waals surface area (Å²) in [6, 6.07) is 2.57. The highest BCUT2D eigenvalue weighted by molar-refractivity contribution is 7.15. The molecule has 1 amide bonds. The van der Waals surface area contributed by atoms with Crippen LogP contribution < -0.4 is 11.0 Å². The van der Waals surface area contributed by atoms with Crippen molar-refractivity contribution in [3.63, 3.8) is 0 Å². The third kappa shape index (κ3) is 5.98. The van der Waals surface area contributed by atoms with E-state index in [4.69, 9.17) is 19.7 Å². The highest BCUT2D eigenvalue weighted by Crippen LogP contribution is 2.33. The Labute approximate surface area is 196 Å². The van der Waals surface area contributed by atoms with E-state index >= 15 is 0 Å². The number of hydrogen-bond acceptors (Lipinski definition) is 12. The maximum Gasteiger partial charge on any atom is 0.506 e. The number of carbonyl (C=O) groups excluding carboxylic acids is 1. The fourth-order valence-corrected chi connectivity index (χ4v) is 3.81. The Kier molecular flexibility index (Phi) is 7.45. The molecule has 35 heavy (non-hydrogen) atoms. The van der Waals surface area contributed by atoms with E-state index in [-0.39, 0.29) is 11.6 Å². The van der Waals surface area contributed by atoms with Crippen molar-refractivity contribution in [3.8, 4) is 0 Å². The lowest BCUT2D eigenvalue weighted by molar-refractivity contribution is -0.380. The van der Waals surface area contributed by atoms with E-state index in [0.29, 0.717) is 15.6 Å². The fraction of sp³-hybridized carbons (Fsp3) is 0.353. The number of nitro groups is 1. The summed E-state index contributed by atoms with van der Waals surface area (Å²) >= 11 is 0.757. The Hall–Kier alpha value is -4.32. The quantitative estimate of drug-likeness (QED) is 0.207. The minimum atomic E-state index is -1.84. The van der Waals surface area contributed by atoms with E-state index in [1.807, 2.05) is 5.32 Å². The number of nitrogens with one attached hydrogen (secondary N) is 1. The van der Waals surface area contributed by atoms with Gasteiger partial charge in [0.25, 0.3) is 0 Å². The molecule has 188 valence electrons. The van der Waals surface area contributed by atoms with Gasteiger partial charge in [0.05, 0.1) is 17.2 Å². The largest absolute Gasteiger partial charge is 0.506 e. The predicted octanol–water partition coefficient (Wildman–Crippen LogP) is 2.14. The minimum absolute atomic E-state index is 0.176. The number of ether oxygens (including phenoxy) is 4. The van der Waals surface area contributed by atoms with Gasteiger partial charge in [-0.15, -0.1) is 0 Å². The minimum Gasteiger partial charge on any atom is -0.450 e. The van der Waals surface area contributed by atoms with Crippen molar-refractivity contribution in [3.05, 3.63) is 49.6 Å². The predicted molar refractivity (Wildman–Crippen MR) is 109 cm³/mol. The average Bonchev–Trinajstić information content (AvgIpc) is 3.35. The van der Waals surface area contributed by atoms with E-state index in [1.54, 1.807) is 0 Å². The molecule has 3 N–H and O–H groups in total. The lowest BCUT2D eigenvalue weighted by atomic mass is 10.1. The second kappa shape index (κ2) is 10.3. The van der Waals surface area contributed by atoms with Crippen LogP contribution in [-0.4, -0.2) is 61.4 Å². The van der Waals surface area contributed by atoms with Crippen LogP contribution in [0.5, 0.6) is 0 Å². The molecule has 1 aliphatic heterocycles. The van der Waals surface area contributed by atoms with Gasteiger partial charge in [-0.3, -0.25) is 20.0 Å². The van der Waals surface area contributed by atoms with Crippen LogP contribution in [-0.2, 0) is 25.6 Å². The molecule has 1 fully saturated rings. The molecule has 0 aliphatic carbocycles. The number of carboxylic acid groups (broad SMARTS) is 2. The molecule has 0 radical (unpaired) electrons. The van der Waals surface area contributed by atoms with Gasteiger partial charge in [-0.05, 0) is 13.0 Å². The van der Waals surface area contributed by atoms with E-state index in [1.165, 1.54) is 19.1 Å². The molecule has 2 aromatic heterocycles. The maximum absolute atomic E-state index is 14.6. The Balaban J connectivity index is 1.75. The summed E-state index contributed by atoms with van der Waals surface area (Å²) in [6.07, 6.45) is -10.2. The van der Waals surface area contributed by atoms with Crippen molar-refractivity contribution in [1.82, 2.24) is 9.55 Å². The van der Waals surface area contributed by atoms with Crippen LogP contribution in [0.25, 0.3) is 0 Å². The van der Waals surface area contributed by atoms with Gasteiger partial charge >= 0.3 is 29.1 Å². The monoisotopic (exact) mass is 518 g/mol. The average molecular weight is 518 g/mol. The first-order valence-corrected chi connectivity index (χ1v) is 10.2. The van der Waals surface area contributed by atoms with Crippen LogP contribution in [0, 0.1) is 15.9 Å². The molecule has 2 aromatic rings. The molecule has 3 rings (SSSR count). The van der Waals surface area contributed by atoms with E-state index in [2.05, 4.69) is 14.5 Å². The number of thiophene rings is 1. The molecule has 18 heteroatoms. The molecule has 1 saturated heterocycles. The van der Waals surface area contributed by atoms with Crippen molar-refractivity contribution in [2.75, 3.05) is 5.32 Å². The van der Waals surface area contributed by atoms with Gasteiger partial charge in [-0.1, -0.05) is 11.3 Å². The second-order valence-electron chi connectivity index (χ2n) is 6.75. The molecule has 1 aliphatic rings. The van der Waals surface area contributed by atoms with Gasteiger partial charge in [-0.25, -0.2) is 23.6 Å². The summed E-state index contributed by atoms with van der Waals surface area (Å²) < 4.78 is 34.5. The number of anilines is 1. The Morgan fingerprint density at radius 1 is 1.29 bits per heavy atom. The topological polar surface area (TPSA) is 219 Å². The Bertz CT molecular complexity index is 1220. The molecule has 0 unspecified atom stereocenters. The van der Waals surface area contributed by atoms with Crippen molar-refractivity contribution in [2.24, 2.45) is 0 Å². The van der Waals surface area contributed by atoms with Crippen LogP contribution in [0.4, 0.5) is 29.6 Å². The number of nitrogens with zero attached hydrogens (tertiary/aromatic N) is 3. The van der Waals surface area contributed by atoms with Gasteiger partial charge in [0, 0.05) is 10.9 Å². The zero-order chi connectivity index (χ0) is 25.9. The normalized spacial score (nSPS) is 21.2. The summed E-state index contributed by atoms with van der Waals surface area (Å²) in [4.78, 5) is 60.1. The van der Waals surface area contributed by atoms with Crippen molar-refractivity contribution in [2.45, 2.75) is 38.1 Å². The second-order valence-corrected chi connectivity index (χ2v) is 7.90. The van der Waals surface area contributed by atoms with E-state index in [9.17, 15) is 33.7 Å². The lowest BCUT2D eigenvalue weighted by Gasteiger charge is -2.22. The van der Waals surface area contributed by atoms with Gasteiger partial charge in [0.15, 0.2) is 30.1 Å². The van der Waals surface area contributed by atoms with E-state index in [0.717, 1.165) is 11.3 Å². The molecule has 0 spiro atoms. The zero-order valence-corrected chi connectivity index (χ0v) is 18.2. The fourth-order valence-electron chi connectivity index (χ4n) is 3.08. The molecule has 0 saturated carbocycles. The summed E-state index contributed by atoms with van der Waals surface area (Å²) in [5.41, 5.74) is -1.22. The first kappa shape index (κ1) is 25.3. The molecule has 3 heterocycles. The number of halogens is 1. The number of rotatable bonds is 7. The van der Waals surface area contributed by atoms with Crippen LogP contribution in [0.15, 0.2) is 23.1 Å². The van der Waals surface area contributed by atoms with Crippen molar-refractivity contribution < 1.29 is 52.9 Å². The highest BCUT2D eigenvalue weighted by Gasteiger charge is 2.49. The highest BCUT2D eigenvalue weighted by atomic mass is 32.1. The first-order valence-electron chi connectivity index (χ1n) is 9.36. The van der Waals surface area contributed by atoms with Gasteiger partial charge < -0.3 is 29.2 Å². The maximum atomic E-state index is 14.6. The molecular weight excluding hydrogens is 503 g/mol. The van der Waals surface area contributed by atoms with Crippen LogP contribution in [0.1, 0.15) is 18.0 Å². The molecule has 0 bridgehead atoms. The van der Waals surface area contributed by atoms with Crippen LogP contribution in [0.3, 0.4) is 0 Å². The van der Waals surface area contributed by atoms with Crippen LogP contribution >= 0.6 is 11.3 Å². The first-order chi connectivity index (χ1) is 16.5. The smallest absolute Gasteiger partial charge is 0.450 e. The zero-order valence-electron chi connectivity index (χ0n) is 17.4. The van der Waals surface area contributed by atoms with Gasteiger partial charge in [0.1, 0.15) is 6.61 Å². The number of carbonyl (C=O) groups is 3. The lowest BCUT2D eigenvalue weighted by Crippen LogP contribution is -2.41.